The first-order valence-electron chi connectivity index (χ1n) is 11.8. The van der Waals surface area contributed by atoms with Crippen molar-refractivity contribution in [1.82, 2.24) is 4.31 Å². The maximum Gasteiger partial charge on any atom is 0.1000 e. The highest BCUT2D eigenvalue weighted by molar-refractivity contribution is 7.84. The van der Waals surface area contributed by atoms with E-state index in [1.54, 1.807) is 5.30 Å². The van der Waals surface area contributed by atoms with Gasteiger partial charge in [-0.05, 0) is 75.6 Å². The van der Waals surface area contributed by atoms with Crippen molar-refractivity contribution in [3.8, 4) is 0 Å². The van der Waals surface area contributed by atoms with Crippen molar-refractivity contribution >= 4 is 24.2 Å². The number of hydrogen-bond acceptors (Lipinski definition) is 1. The summed E-state index contributed by atoms with van der Waals surface area (Å²) in [6, 6.07) is 9.40. The summed E-state index contributed by atoms with van der Waals surface area (Å²) >= 11 is 0. The molecule has 1 unspecified atom stereocenters. The largest absolute Gasteiger partial charge is 0.242 e. The quantitative estimate of drug-likeness (QED) is 0.444. The summed E-state index contributed by atoms with van der Waals surface area (Å²) in [4.78, 5) is 0. The van der Waals surface area contributed by atoms with E-state index in [4.69, 9.17) is 0 Å². The molecule has 2 fully saturated rings. The van der Waals surface area contributed by atoms with E-state index >= 15 is 0 Å². The fourth-order valence-electron chi connectivity index (χ4n) is 5.26. The van der Waals surface area contributed by atoms with Gasteiger partial charge in [0.2, 0.25) is 0 Å². The van der Waals surface area contributed by atoms with Crippen LogP contribution in [0.2, 0.25) is 0 Å². The normalized spacial score (nSPS) is 22.2. The first-order valence-corrected chi connectivity index (χ1v) is 14.4. The van der Waals surface area contributed by atoms with E-state index in [9.17, 15) is 4.21 Å². The van der Waals surface area contributed by atoms with Crippen molar-refractivity contribution in [3.05, 3.63) is 29.8 Å². The molecule has 164 valence electrons. The average Bonchev–Trinajstić information content (AvgIpc) is 2.73. The third-order valence-electron chi connectivity index (χ3n) is 6.93. The van der Waals surface area contributed by atoms with E-state index in [1.165, 1.54) is 69.8 Å². The molecule has 1 aromatic carbocycles. The van der Waals surface area contributed by atoms with Crippen LogP contribution in [0.3, 0.4) is 0 Å². The minimum atomic E-state index is -1.00. The summed E-state index contributed by atoms with van der Waals surface area (Å²) in [6.45, 7) is 8.50. The van der Waals surface area contributed by atoms with Gasteiger partial charge in [0.1, 0.15) is 0 Å². The lowest BCUT2D eigenvalue weighted by atomic mass is 9.99. The van der Waals surface area contributed by atoms with Gasteiger partial charge in [0.25, 0.3) is 0 Å². The van der Waals surface area contributed by atoms with Crippen LogP contribution in [0, 0.1) is 0 Å². The number of hydrogen-bond donors (Lipinski definition) is 0. The van der Waals surface area contributed by atoms with Crippen molar-refractivity contribution < 1.29 is 4.21 Å². The molecule has 2 aliphatic carbocycles. The minimum absolute atomic E-state index is 0.143. The predicted molar refractivity (Wildman–Crippen MR) is 131 cm³/mol. The molecule has 2 atom stereocenters. The molecular weight excluding hydrogens is 393 g/mol. The maximum absolute atomic E-state index is 13.1. The molecule has 0 bridgehead atoms. The fraction of sp³-hybridized carbons (Fsp3) is 0.760. The van der Waals surface area contributed by atoms with Crippen LogP contribution in [-0.2, 0) is 11.0 Å². The Morgan fingerprint density at radius 3 is 1.90 bits per heavy atom. The molecule has 4 heteroatoms. The SMILES string of the molecule is CC(c1ccccc1P(C1CCCCC1)C1CCCCC1)N(C)[S@](=O)C(C)(C)C. The van der Waals surface area contributed by atoms with E-state index in [1.807, 2.05) is 7.05 Å². The molecule has 0 spiro atoms. The Morgan fingerprint density at radius 2 is 1.41 bits per heavy atom. The highest BCUT2D eigenvalue weighted by Crippen LogP contribution is 2.55. The smallest absolute Gasteiger partial charge is 0.1000 e. The Balaban J connectivity index is 1.95. The van der Waals surface area contributed by atoms with E-state index in [2.05, 4.69) is 56.3 Å². The van der Waals surface area contributed by atoms with Gasteiger partial charge in [-0.1, -0.05) is 70.7 Å². The monoisotopic (exact) mass is 435 g/mol. The number of nitrogens with zero attached hydrogens (tertiary/aromatic N) is 1. The van der Waals surface area contributed by atoms with Gasteiger partial charge >= 0.3 is 0 Å². The summed E-state index contributed by atoms with van der Waals surface area (Å²) in [5, 5.41) is 1.63. The average molecular weight is 436 g/mol. The molecular formula is C25H42NOPS. The third-order valence-corrected chi connectivity index (χ3v) is 12.4. The van der Waals surface area contributed by atoms with Crippen LogP contribution >= 0.6 is 7.92 Å². The Morgan fingerprint density at radius 1 is 0.931 bits per heavy atom. The zero-order valence-corrected chi connectivity index (χ0v) is 21.0. The molecule has 2 nitrogen and oxygen atoms in total. The second kappa shape index (κ2) is 10.4. The molecule has 0 saturated heterocycles. The fourth-order valence-corrected chi connectivity index (χ4v) is 10.6. The zero-order chi connectivity index (χ0) is 21.0. The van der Waals surface area contributed by atoms with Gasteiger partial charge in [0.15, 0.2) is 0 Å². The predicted octanol–water partition coefficient (Wildman–Crippen LogP) is 6.91. The molecule has 0 aromatic heterocycles. The molecule has 0 amide bonds. The topological polar surface area (TPSA) is 20.3 Å². The van der Waals surface area contributed by atoms with Crippen molar-refractivity contribution in [1.29, 1.82) is 0 Å². The lowest BCUT2D eigenvalue weighted by Crippen LogP contribution is -2.38. The van der Waals surface area contributed by atoms with Crippen LogP contribution < -0.4 is 5.30 Å². The molecule has 2 aliphatic rings. The van der Waals surface area contributed by atoms with Crippen LogP contribution in [0.1, 0.15) is 104 Å². The van der Waals surface area contributed by atoms with Crippen molar-refractivity contribution in [2.45, 2.75) is 114 Å². The lowest BCUT2D eigenvalue weighted by Gasteiger charge is -2.41. The highest BCUT2D eigenvalue weighted by Gasteiger charge is 2.35. The van der Waals surface area contributed by atoms with E-state index in [0.717, 1.165) is 11.3 Å². The minimum Gasteiger partial charge on any atom is -0.242 e. The second-order valence-corrected chi connectivity index (χ2v) is 15.2. The van der Waals surface area contributed by atoms with E-state index in [-0.39, 0.29) is 18.7 Å². The molecule has 0 N–H and O–H groups in total. The number of benzene rings is 1. The molecule has 2 saturated carbocycles. The first kappa shape index (κ1) is 23.4. The van der Waals surface area contributed by atoms with Crippen LogP contribution in [-0.4, -0.2) is 31.6 Å². The van der Waals surface area contributed by atoms with Crippen LogP contribution in [0.25, 0.3) is 0 Å². The Hall–Kier alpha value is -0.240. The summed E-state index contributed by atoms with van der Waals surface area (Å²) in [5.74, 6) is 0. The first-order chi connectivity index (χ1) is 13.8. The van der Waals surface area contributed by atoms with Crippen molar-refractivity contribution in [2.24, 2.45) is 0 Å². The Bertz CT molecular complexity index is 656. The van der Waals surface area contributed by atoms with Gasteiger partial charge in [-0.3, -0.25) is 0 Å². The standard InChI is InChI=1S/C25H42NOPS/c1-20(26(5)29(27)25(2,3)4)23-18-12-13-19-24(23)28(21-14-8-6-9-15-21)22-16-10-7-11-17-22/h12-13,18-22H,6-11,14-17H2,1-5H3/t20?,29-/m1/s1. The van der Waals surface area contributed by atoms with Crippen LogP contribution in [0.5, 0.6) is 0 Å². The van der Waals surface area contributed by atoms with Crippen molar-refractivity contribution in [2.75, 3.05) is 7.05 Å². The molecule has 0 aliphatic heterocycles. The third kappa shape index (κ3) is 5.72. The zero-order valence-electron chi connectivity index (χ0n) is 19.3. The summed E-state index contributed by atoms with van der Waals surface area (Å²) in [6.07, 6.45) is 14.2. The second-order valence-electron chi connectivity index (χ2n) is 10.1. The number of rotatable bonds is 6. The molecule has 0 heterocycles. The lowest BCUT2D eigenvalue weighted by molar-refractivity contribution is 0.418. The Labute approximate surface area is 183 Å². The Kier molecular flexibility index (Phi) is 8.38. The molecule has 3 rings (SSSR count). The maximum atomic E-state index is 13.1. The summed E-state index contributed by atoms with van der Waals surface area (Å²) in [7, 11) is 0.902. The van der Waals surface area contributed by atoms with Crippen molar-refractivity contribution in [3.63, 3.8) is 0 Å². The molecule has 1 aromatic rings. The summed E-state index contributed by atoms with van der Waals surface area (Å²) < 4.78 is 15.0. The van der Waals surface area contributed by atoms with E-state index < -0.39 is 11.0 Å². The molecule has 29 heavy (non-hydrogen) atoms. The highest BCUT2D eigenvalue weighted by atomic mass is 32.2. The van der Waals surface area contributed by atoms with Gasteiger partial charge in [-0.25, -0.2) is 8.51 Å². The van der Waals surface area contributed by atoms with E-state index in [0.29, 0.717) is 0 Å². The molecule has 0 radical (unpaired) electrons. The van der Waals surface area contributed by atoms with Crippen LogP contribution in [0.4, 0.5) is 0 Å². The van der Waals surface area contributed by atoms with Gasteiger partial charge in [-0.2, -0.15) is 0 Å². The van der Waals surface area contributed by atoms with Gasteiger partial charge in [0.05, 0.1) is 15.7 Å². The van der Waals surface area contributed by atoms with Gasteiger partial charge in [-0.15, -0.1) is 0 Å². The summed E-state index contributed by atoms with van der Waals surface area (Å²) in [5.41, 5.74) is 3.23. The van der Waals surface area contributed by atoms with Crippen LogP contribution in [0.15, 0.2) is 24.3 Å². The van der Waals surface area contributed by atoms with Gasteiger partial charge in [0, 0.05) is 13.1 Å². The van der Waals surface area contributed by atoms with Gasteiger partial charge < -0.3 is 0 Å².